The third-order valence-electron chi connectivity index (χ3n) is 5.49. The van der Waals surface area contributed by atoms with E-state index in [0.717, 1.165) is 5.56 Å². The van der Waals surface area contributed by atoms with Gasteiger partial charge in [0.05, 0.1) is 42.2 Å². The maximum Gasteiger partial charge on any atom is 0.338 e. The second-order valence-corrected chi connectivity index (χ2v) is 8.71. The van der Waals surface area contributed by atoms with Crippen molar-refractivity contribution in [1.29, 1.82) is 0 Å². The molecule has 1 aliphatic heterocycles. The van der Waals surface area contributed by atoms with Crippen LogP contribution in [0.25, 0.3) is 6.08 Å². The Morgan fingerprint density at radius 2 is 1.89 bits per heavy atom. The quantitative estimate of drug-likeness (QED) is 0.469. The average Bonchev–Trinajstić information content (AvgIpc) is 3.14. The topological polar surface area (TPSA) is 79.1 Å². The number of ether oxygens (including phenoxy) is 3. The van der Waals surface area contributed by atoms with Crippen LogP contribution in [0.3, 0.4) is 0 Å². The Morgan fingerprint density at radius 3 is 2.54 bits per heavy atom. The number of carbonyl (C=O) groups excluding carboxylic acids is 1. The third-order valence-corrected chi connectivity index (χ3v) is 6.47. The van der Waals surface area contributed by atoms with Gasteiger partial charge in [-0.2, -0.15) is 0 Å². The van der Waals surface area contributed by atoms with Crippen LogP contribution in [0, 0.1) is 5.82 Å². The van der Waals surface area contributed by atoms with Crippen molar-refractivity contribution in [2.24, 2.45) is 4.99 Å². The molecule has 1 aromatic heterocycles. The molecule has 0 amide bonds. The molecule has 0 saturated heterocycles. The first-order valence-electron chi connectivity index (χ1n) is 11.1. The van der Waals surface area contributed by atoms with E-state index >= 15 is 0 Å². The van der Waals surface area contributed by atoms with Gasteiger partial charge in [0.25, 0.3) is 5.56 Å². The number of thiazole rings is 1. The highest BCUT2D eigenvalue weighted by molar-refractivity contribution is 7.07. The summed E-state index contributed by atoms with van der Waals surface area (Å²) in [5.41, 5.74) is 1.72. The van der Waals surface area contributed by atoms with Crippen molar-refractivity contribution in [1.82, 2.24) is 4.57 Å². The summed E-state index contributed by atoms with van der Waals surface area (Å²) in [6.07, 6.45) is 1.74. The average molecular weight is 497 g/mol. The Kier molecular flexibility index (Phi) is 7.16. The summed E-state index contributed by atoms with van der Waals surface area (Å²) in [7, 11) is 1.55. The molecule has 0 unspecified atom stereocenters. The Morgan fingerprint density at radius 1 is 1.14 bits per heavy atom. The first kappa shape index (κ1) is 24.4. The van der Waals surface area contributed by atoms with Crippen LogP contribution in [0.1, 0.15) is 37.9 Å². The molecule has 3 aromatic rings. The Labute approximate surface area is 205 Å². The summed E-state index contributed by atoms with van der Waals surface area (Å²) in [4.78, 5) is 31.5. The molecule has 9 heteroatoms. The zero-order valence-corrected chi connectivity index (χ0v) is 20.6. The zero-order chi connectivity index (χ0) is 25.1. The van der Waals surface area contributed by atoms with Gasteiger partial charge < -0.3 is 14.2 Å². The van der Waals surface area contributed by atoms with E-state index < -0.39 is 17.8 Å². The molecule has 1 atom stereocenters. The van der Waals surface area contributed by atoms with E-state index in [1.165, 1.54) is 28.0 Å². The fraction of sp³-hybridized carbons (Fsp3) is 0.269. The van der Waals surface area contributed by atoms with Crippen molar-refractivity contribution < 1.29 is 23.4 Å². The van der Waals surface area contributed by atoms with Crippen molar-refractivity contribution in [3.63, 3.8) is 0 Å². The van der Waals surface area contributed by atoms with Crippen molar-refractivity contribution in [3.8, 4) is 11.5 Å². The normalized spacial score (nSPS) is 15.5. The van der Waals surface area contributed by atoms with E-state index in [1.807, 2.05) is 13.0 Å². The maximum absolute atomic E-state index is 13.7. The van der Waals surface area contributed by atoms with Gasteiger partial charge in [-0.05, 0) is 62.2 Å². The lowest BCUT2D eigenvalue weighted by atomic mass is 9.96. The van der Waals surface area contributed by atoms with Crippen molar-refractivity contribution in [2.75, 3.05) is 20.3 Å². The molecule has 0 spiro atoms. The summed E-state index contributed by atoms with van der Waals surface area (Å²) in [6.45, 7) is 5.98. The number of benzene rings is 2. The lowest BCUT2D eigenvalue weighted by Gasteiger charge is -2.24. The Balaban J connectivity index is 1.90. The highest BCUT2D eigenvalue weighted by Gasteiger charge is 2.33. The number of halogens is 1. The van der Waals surface area contributed by atoms with Crippen LogP contribution in [-0.2, 0) is 9.53 Å². The lowest BCUT2D eigenvalue weighted by molar-refractivity contribution is -0.139. The monoisotopic (exact) mass is 496 g/mol. The number of hydrogen-bond donors (Lipinski definition) is 0. The SMILES string of the molecule is CCOC(=O)C1=C(C)N=c2s/c(=C\c3ccc(OCC)c(OC)c3)c(=O)n2[C@@H]1c1ccc(F)cc1. The van der Waals surface area contributed by atoms with Crippen LogP contribution in [0.5, 0.6) is 11.5 Å². The number of aromatic nitrogens is 1. The smallest absolute Gasteiger partial charge is 0.338 e. The molecule has 4 rings (SSSR count). The number of carbonyl (C=O) groups is 1. The van der Waals surface area contributed by atoms with Gasteiger partial charge in [-0.25, -0.2) is 14.2 Å². The molecule has 2 heterocycles. The fourth-order valence-corrected chi connectivity index (χ4v) is 5.00. The summed E-state index contributed by atoms with van der Waals surface area (Å²) >= 11 is 1.21. The lowest BCUT2D eigenvalue weighted by Crippen LogP contribution is -2.39. The van der Waals surface area contributed by atoms with Gasteiger partial charge >= 0.3 is 5.97 Å². The zero-order valence-electron chi connectivity index (χ0n) is 19.8. The molecule has 0 aliphatic carbocycles. The Bertz CT molecular complexity index is 1470. The minimum atomic E-state index is -0.789. The number of methoxy groups -OCH3 is 1. The molecule has 1 aliphatic rings. The number of rotatable bonds is 7. The van der Waals surface area contributed by atoms with Crippen LogP contribution < -0.4 is 24.4 Å². The number of hydrogen-bond acceptors (Lipinski definition) is 7. The van der Waals surface area contributed by atoms with E-state index in [1.54, 1.807) is 51.3 Å². The fourth-order valence-electron chi connectivity index (χ4n) is 3.95. The van der Waals surface area contributed by atoms with Crippen LogP contribution in [-0.4, -0.2) is 30.9 Å². The molecule has 0 saturated carbocycles. The first-order valence-corrected chi connectivity index (χ1v) is 12.0. The standard InChI is InChI=1S/C26H25FN2O5S/c1-5-33-19-12-7-16(13-20(19)32-4)14-21-24(30)29-23(17-8-10-18(27)11-9-17)22(25(31)34-6-2)15(3)28-26(29)35-21/h7-14,23H,5-6H2,1-4H3/b21-14-/t23-/m1/s1. The molecule has 0 bridgehead atoms. The first-order chi connectivity index (χ1) is 16.9. The maximum atomic E-state index is 13.7. The molecule has 0 N–H and O–H groups in total. The van der Waals surface area contributed by atoms with E-state index in [-0.39, 0.29) is 17.7 Å². The number of allylic oxidation sites excluding steroid dienone is 1. The van der Waals surface area contributed by atoms with Gasteiger partial charge in [0, 0.05) is 0 Å². The van der Waals surface area contributed by atoms with Crippen LogP contribution in [0.2, 0.25) is 0 Å². The predicted molar refractivity (Wildman–Crippen MR) is 131 cm³/mol. The molecule has 7 nitrogen and oxygen atoms in total. The van der Waals surface area contributed by atoms with Gasteiger partial charge in [-0.1, -0.05) is 29.5 Å². The third kappa shape index (κ3) is 4.77. The second-order valence-electron chi connectivity index (χ2n) is 7.70. The molecular formula is C26H25FN2O5S. The minimum absolute atomic E-state index is 0.176. The molecule has 0 radical (unpaired) electrons. The molecule has 2 aromatic carbocycles. The Hall–Kier alpha value is -3.72. The number of fused-ring (bicyclic) bond motifs is 1. The van der Waals surface area contributed by atoms with E-state index in [0.29, 0.717) is 38.7 Å². The van der Waals surface area contributed by atoms with E-state index in [2.05, 4.69) is 4.99 Å². The van der Waals surface area contributed by atoms with E-state index in [4.69, 9.17) is 14.2 Å². The summed E-state index contributed by atoms with van der Waals surface area (Å²) in [5.74, 6) is 0.190. The summed E-state index contributed by atoms with van der Waals surface area (Å²) < 4.78 is 31.8. The van der Waals surface area contributed by atoms with Gasteiger partial charge in [0.2, 0.25) is 0 Å². The minimum Gasteiger partial charge on any atom is -0.493 e. The highest BCUT2D eigenvalue weighted by Crippen LogP contribution is 2.31. The molecule has 35 heavy (non-hydrogen) atoms. The van der Waals surface area contributed by atoms with Crippen molar-refractivity contribution in [3.05, 3.63) is 90.4 Å². The van der Waals surface area contributed by atoms with Crippen molar-refractivity contribution >= 4 is 23.4 Å². The predicted octanol–water partition coefficient (Wildman–Crippen LogP) is 3.34. The van der Waals surface area contributed by atoms with Crippen LogP contribution >= 0.6 is 11.3 Å². The molecule has 182 valence electrons. The molecular weight excluding hydrogens is 471 g/mol. The van der Waals surface area contributed by atoms with E-state index in [9.17, 15) is 14.0 Å². The largest absolute Gasteiger partial charge is 0.493 e. The van der Waals surface area contributed by atoms with Crippen LogP contribution in [0.15, 0.2) is 63.5 Å². The second kappa shape index (κ2) is 10.3. The van der Waals surface area contributed by atoms with Gasteiger partial charge in [0.15, 0.2) is 16.3 Å². The summed E-state index contributed by atoms with van der Waals surface area (Å²) in [6, 6.07) is 10.3. The highest BCUT2D eigenvalue weighted by atomic mass is 32.1. The number of nitrogens with zero attached hydrogens (tertiary/aromatic N) is 2. The van der Waals surface area contributed by atoms with Gasteiger partial charge in [0.1, 0.15) is 5.82 Å². The number of esters is 1. The molecule has 0 fully saturated rings. The van der Waals surface area contributed by atoms with Gasteiger partial charge in [-0.15, -0.1) is 0 Å². The van der Waals surface area contributed by atoms with Crippen LogP contribution in [0.4, 0.5) is 4.39 Å². The summed E-state index contributed by atoms with van der Waals surface area (Å²) in [5, 5.41) is 0. The van der Waals surface area contributed by atoms with Gasteiger partial charge in [-0.3, -0.25) is 9.36 Å². The van der Waals surface area contributed by atoms with Crippen molar-refractivity contribution in [2.45, 2.75) is 26.8 Å².